The quantitative estimate of drug-likeness (QED) is 0.626. The van der Waals surface area contributed by atoms with Gasteiger partial charge in [-0.15, -0.1) is 0 Å². The SMILES string of the molecule is O=CN1CCC(n2cccc2)CC1. The Morgan fingerprint density at radius 2 is 1.77 bits per heavy atom. The van der Waals surface area contributed by atoms with Crippen molar-refractivity contribution in [3.8, 4) is 0 Å². The number of amides is 1. The smallest absolute Gasteiger partial charge is 0.209 e. The molecule has 0 bridgehead atoms. The van der Waals surface area contributed by atoms with Gasteiger partial charge in [-0.05, 0) is 25.0 Å². The van der Waals surface area contributed by atoms with E-state index in [9.17, 15) is 4.79 Å². The summed E-state index contributed by atoms with van der Waals surface area (Å²) in [6, 6.07) is 4.68. The minimum absolute atomic E-state index is 0.589. The number of nitrogens with zero attached hydrogens (tertiary/aromatic N) is 2. The van der Waals surface area contributed by atoms with E-state index in [0.29, 0.717) is 6.04 Å². The van der Waals surface area contributed by atoms with Gasteiger partial charge in [0.15, 0.2) is 0 Å². The molecule has 0 unspecified atom stereocenters. The van der Waals surface area contributed by atoms with Gasteiger partial charge in [-0.25, -0.2) is 0 Å². The summed E-state index contributed by atoms with van der Waals surface area (Å²) in [6.07, 6.45) is 7.30. The van der Waals surface area contributed by atoms with Crippen molar-refractivity contribution in [3.05, 3.63) is 24.5 Å². The first-order chi connectivity index (χ1) is 6.40. The molecule has 1 aliphatic heterocycles. The Kier molecular flexibility index (Phi) is 2.34. The summed E-state index contributed by atoms with van der Waals surface area (Å²) in [5.74, 6) is 0. The van der Waals surface area contributed by atoms with Gasteiger partial charge in [0.05, 0.1) is 0 Å². The van der Waals surface area contributed by atoms with Gasteiger partial charge in [-0.2, -0.15) is 0 Å². The molecule has 0 radical (unpaired) electrons. The lowest BCUT2D eigenvalue weighted by atomic mass is 10.1. The summed E-state index contributed by atoms with van der Waals surface area (Å²) >= 11 is 0. The number of carbonyl (C=O) groups excluding carboxylic acids is 1. The maximum atomic E-state index is 10.5. The summed E-state index contributed by atoms with van der Waals surface area (Å²) < 4.78 is 2.24. The number of rotatable bonds is 2. The van der Waals surface area contributed by atoms with Crippen LogP contribution in [0, 0.1) is 0 Å². The zero-order valence-electron chi connectivity index (χ0n) is 7.60. The summed E-state index contributed by atoms with van der Waals surface area (Å²) in [7, 11) is 0. The highest BCUT2D eigenvalue weighted by Crippen LogP contribution is 2.21. The lowest BCUT2D eigenvalue weighted by Crippen LogP contribution is -2.33. The Labute approximate surface area is 78.0 Å². The van der Waals surface area contributed by atoms with Gasteiger partial charge in [0.2, 0.25) is 6.41 Å². The van der Waals surface area contributed by atoms with E-state index in [1.54, 1.807) is 0 Å². The highest BCUT2D eigenvalue weighted by Gasteiger charge is 2.18. The van der Waals surface area contributed by atoms with Crippen molar-refractivity contribution in [2.75, 3.05) is 13.1 Å². The molecule has 3 heteroatoms. The Balaban J connectivity index is 1.95. The average Bonchev–Trinajstić information content (AvgIpc) is 2.71. The van der Waals surface area contributed by atoms with Gasteiger partial charge in [0.1, 0.15) is 0 Å². The average molecular weight is 178 g/mol. The zero-order chi connectivity index (χ0) is 9.10. The van der Waals surface area contributed by atoms with E-state index in [0.717, 1.165) is 32.3 Å². The molecule has 1 amide bonds. The van der Waals surface area contributed by atoms with Gasteiger partial charge in [0.25, 0.3) is 0 Å². The molecule has 1 aromatic rings. The second-order valence-electron chi connectivity index (χ2n) is 3.50. The number of likely N-dealkylation sites (tertiary alicyclic amines) is 1. The summed E-state index contributed by atoms with van der Waals surface area (Å²) in [4.78, 5) is 12.3. The van der Waals surface area contributed by atoms with Gasteiger partial charge in [0, 0.05) is 31.5 Å². The van der Waals surface area contributed by atoms with Gasteiger partial charge in [-0.1, -0.05) is 0 Å². The van der Waals surface area contributed by atoms with Crippen LogP contribution in [-0.2, 0) is 4.79 Å². The van der Waals surface area contributed by atoms with E-state index in [1.807, 2.05) is 17.0 Å². The molecule has 13 heavy (non-hydrogen) atoms. The first kappa shape index (κ1) is 8.35. The van der Waals surface area contributed by atoms with Crippen molar-refractivity contribution in [2.45, 2.75) is 18.9 Å². The number of piperidine rings is 1. The Morgan fingerprint density at radius 3 is 2.31 bits per heavy atom. The standard InChI is InChI=1S/C10H14N2O/c13-9-11-7-3-10(4-8-11)12-5-1-2-6-12/h1-2,5-6,9-10H,3-4,7-8H2. The molecule has 0 atom stereocenters. The first-order valence-electron chi connectivity index (χ1n) is 4.72. The van der Waals surface area contributed by atoms with Crippen LogP contribution >= 0.6 is 0 Å². The molecule has 1 aromatic heterocycles. The highest BCUT2D eigenvalue weighted by molar-refractivity contribution is 5.47. The predicted octanol–water partition coefficient (Wildman–Crippen LogP) is 1.28. The van der Waals surface area contributed by atoms with Crippen LogP contribution in [0.3, 0.4) is 0 Å². The molecule has 1 aliphatic rings. The third-order valence-corrected chi connectivity index (χ3v) is 2.70. The monoisotopic (exact) mass is 178 g/mol. The minimum atomic E-state index is 0.589. The number of hydrogen-bond acceptors (Lipinski definition) is 1. The molecule has 0 aromatic carbocycles. The van der Waals surface area contributed by atoms with Crippen LogP contribution < -0.4 is 0 Å². The number of carbonyl (C=O) groups is 1. The Hall–Kier alpha value is -1.25. The fraction of sp³-hybridized carbons (Fsp3) is 0.500. The predicted molar refractivity (Wildman–Crippen MR) is 50.3 cm³/mol. The molecule has 2 rings (SSSR count). The van der Waals surface area contributed by atoms with E-state index in [1.165, 1.54) is 0 Å². The molecule has 0 saturated carbocycles. The summed E-state index contributed by atoms with van der Waals surface area (Å²) in [5, 5.41) is 0. The van der Waals surface area contributed by atoms with Crippen LogP contribution in [0.5, 0.6) is 0 Å². The van der Waals surface area contributed by atoms with Crippen LogP contribution in [0.2, 0.25) is 0 Å². The van der Waals surface area contributed by atoms with Crippen LogP contribution in [0.25, 0.3) is 0 Å². The first-order valence-corrected chi connectivity index (χ1v) is 4.72. The lowest BCUT2D eigenvalue weighted by Gasteiger charge is -2.30. The maximum absolute atomic E-state index is 10.5. The highest BCUT2D eigenvalue weighted by atomic mass is 16.1. The molecule has 3 nitrogen and oxygen atoms in total. The zero-order valence-corrected chi connectivity index (χ0v) is 7.60. The van der Waals surface area contributed by atoms with Crippen LogP contribution in [0.15, 0.2) is 24.5 Å². The largest absolute Gasteiger partial charge is 0.351 e. The van der Waals surface area contributed by atoms with Crippen LogP contribution in [0.1, 0.15) is 18.9 Å². The van der Waals surface area contributed by atoms with Crippen molar-refractivity contribution < 1.29 is 4.79 Å². The topological polar surface area (TPSA) is 25.2 Å². The van der Waals surface area contributed by atoms with Crippen molar-refractivity contribution in [1.82, 2.24) is 9.47 Å². The normalized spacial score (nSPS) is 18.9. The van der Waals surface area contributed by atoms with Crippen LogP contribution in [-0.4, -0.2) is 29.0 Å². The van der Waals surface area contributed by atoms with E-state index in [4.69, 9.17) is 0 Å². The third kappa shape index (κ3) is 1.74. The number of aromatic nitrogens is 1. The maximum Gasteiger partial charge on any atom is 0.209 e. The van der Waals surface area contributed by atoms with Gasteiger partial charge >= 0.3 is 0 Å². The molecule has 1 fully saturated rings. The molecule has 1 saturated heterocycles. The van der Waals surface area contributed by atoms with Crippen molar-refractivity contribution >= 4 is 6.41 Å². The van der Waals surface area contributed by atoms with Gasteiger partial charge in [-0.3, -0.25) is 4.79 Å². The lowest BCUT2D eigenvalue weighted by molar-refractivity contribution is -0.119. The molecule has 0 spiro atoms. The Bertz CT molecular complexity index is 260. The number of hydrogen-bond donors (Lipinski definition) is 0. The molecule has 2 heterocycles. The second-order valence-corrected chi connectivity index (χ2v) is 3.50. The molecule has 0 N–H and O–H groups in total. The van der Waals surface area contributed by atoms with E-state index in [-0.39, 0.29) is 0 Å². The fourth-order valence-corrected chi connectivity index (χ4v) is 1.88. The summed E-state index contributed by atoms with van der Waals surface area (Å²) in [6.45, 7) is 1.79. The minimum Gasteiger partial charge on any atom is -0.351 e. The molecular formula is C10H14N2O. The third-order valence-electron chi connectivity index (χ3n) is 2.70. The molecule has 0 aliphatic carbocycles. The van der Waals surface area contributed by atoms with Crippen molar-refractivity contribution in [3.63, 3.8) is 0 Å². The fourth-order valence-electron chi connectivity index (χ4n) is 1.88. The molecular weight excluding hydrogens is 164 g/mol. The Morgan fingerprint density at radius 1 is 1.15 bits per heavy atom. The van der Waals surface area contributed by atoms with E-state index >= 15 is 0 Å². The van der Waals surface area contributed by atoms with Gasteiger partial charge < -0.3 is 9.47 Å². The summed E-state index contributed by atoms with van der Waals surface area (Å²) in [5.41, 5.74) is 0. The molecule has 70 valence electrons. The van der Waals surface area contributed by atoms with E-state index in [2.05, 4.69) is 17.0 Å². The second kappa shape index (κ2) is 3.64. The van der Waals surface area contributed by atoms with Crippen molar-refractivity contribution in [2.24, 2.45) is 0 Å². The van der Waals surface area contributed by atoms with Crippen LogP contribution in [0.4, 0.5) is 0 Å². The van der Waals surface area contributed by atoms with Crippen molar-refractivity contribution in [1.29, 1.82) is 0 Å². The van der Waals surface area contributed by atoms with E-state index < -0.39 is 0 Å².